The van der Waals surface area contributed by atoms with Gasteiger partial charge >= 0.3 is 12.1 Å². The van der Waals surface area contributed by atoms with E-state index in [4.69, 9.17) is 9.63 Å². The summed E-state index contributed by atoms with van der Waals surface area (Å²) in [6.45, 7) is 1.62. The van der Waals surface area contributed by atoms with Crippen molar-refractivity contribution in [2.24, 2.45) is 0 Å². The maximum absolute atomic E-state index is 12.7. The van der Waals surface area contributed by atoms with E-state index in [0.29, 0.717) is 16.6 Å². The van der Waals surface area contributed by atoms with Crippen molar-refractivity contribution in [1.82, 2.24) is 10.1 Å². The molecule has 0 fully saturated rings. The van der Waals surface area contributed by atoms with Crippen LogP contribution in [0.25, 0.3) is 22.2 Å². The lowest BCUT2D eigenvalue weighted by Gasteiger charge is -2.06. The van der Waals surface area contributed by atoms with Crippen molar-refractivity contribution in [1.29, 1.82) is 0 Å². The van der Waals surface area contributed by atoms with Crippen molar-refractivity contribution in [2.45, 2.75) is 13.1 Å². The van der Waals surface area contributed by atoms with Crippen LogP contribution in [-0.2, 0) is 6.18 Å². The van der Waals surface area contributed by atoms with Crippen LogP contribution in [-0.4, -0.2) is 21.2 Å². The fraction of sp³-hybridized carbons (Fsp3) is 0.143. The Morgan fingerprint density at radius 2 is 2.09 bits per heavy atom. The number of aromatic amines is 1. The number of alkyl halides is 3. The molecule has 0 aliphatic rings. The first-order valence-corrected chi connectivity index (χ1v) is 6.17. The maximum Gasteiger partial charge on any atom is 0.416 e. The molecule has 0 saturated heterocycles. The van der Waals surface area contributed by atoms with Crippen LogP contribution in [0.2, 0.25) is 0 Å². The van der Waals surface area contributed by atoms with Crippen molar-refractivity contribution >= 4 is 16.9 Å². The van der Waals surface area contributed by atoms with E-state index in [2.05, 4.69) is 10.1 Å². The van der Waals surface area contributed by atoms with E-state index in [1.54, 1.807) is 6.92 Å². The van der Waals surface area contributed by atoms with Crippen LogP contribution in [0.1, 0.15) is 21.6 Å². The SMILES string of the molecule is Cc1[nH]c2cc(C(F)(F)F)ccc2c1-c1oncc1C(=O)O. The number of nitrogens with zero attached hydrogens (tertiary/aromatic N) is 1. The van der Waals surface area contributed by atoms with Crippen molar-refractivity contribution < 1.29 is 27.6 Å². The first-order chi connectivity index (χ1) is 10.3. The highest BCUT2D eigenvalue weighted by atomic mass is 19.4. The summed E-state index contributed by atoms with van der Waals surface area (Å²) in [4.78, 5) is 14.0. The lowest BCUT2D eigenvalue weighted by atomic mass is 10.0. The molecule has 0 unspecified atom stereocenters. The van der Waals surface area contributed by atoms with Crippen LogP contribution in [0.5, 0.6) is 0 Å². The molecule has 0 radical (unpaired) electrons. The van der Waals surface area contributed by atoms with Crippen molar-refractivity contribution in [3.63, 3.8) is 0 Å². The van der Waals surface area contributed by atoms with Crippen LogP contribution in [0, 0.1) is 6.92 Å². The average Bonchev–Trinajstić information content (AvgIpc) is 2.99. The van der Waals surface area contributed by atoms with Crippen molar-refractivity contribution in [3.8, 4) is 11.3 Å². The summed E-state index contributed by atoms with van der Waals surface area (Å²) < 4.78 is 43.2. The third kappa shape index (κ3) is 2.12. The van der Waals surface area contributed by atoms with E-state index >= 15 is 0 Å². The van der Waals surface area contributed by atoms with Crippen LogP contribution in [0.15, 0.2) is 28.9 Å². The second kappa shape index (κ2) is 4.62. The molecule has 0 atom stereocenters. The molecule has 3 rings (SSSR count). The molecule has 0 amide bonds. The molecule has 0 bridgehead atoms. The number of benzene rings is 1. The number of aromatic carboxylic acids is 1. The third-order valence-electron chi connectivity index (χ3n) is 3.34. The molecule has 3 aromatic rings. The van der Waals surface area contributed by atoms with E-state index in [1.807, 2.05) is 0 Å². The number of rotatable bonds is 2. The Morgan fingerprint density at radius 3 is 2.73 bits per heavy atom. The number of fused-ring (bicyclic) bond motifs is 1. The molecule has 8 heteroatoms. The summed E-state index contributed by atoms with van der Waals surface area (Å²) in [7, 11) is 0. The summed E-state index contributed by atoms with van der Waals surface area (Å²) >= 11 is 0. The Hall–Kier alpha value is -2.77. The number of halogens is 3. The van der Waals surface area contributed by atoms with Gasteiger partial charge < -0.3 is 14.6 Å². The highest BCUT2D eigenvalue weighted by molar-refractivity contribution is 6.02. The predicted octanol–water partition coefficient (Wildman–Crippen LogP) is 3.85. The highest BCUT2D eigenvalue weighted by Crippen LogP contribution is 2.37. The van der Waals surface area contributed by atoms with Crippen LogP contribution in [0.3, 0.4) is 0 Å². The topological polar surface area (TPSA) is 79.1 Å². The number of carboxylic acids is 1. The summed E-state index contributed by atoms with van der Waals surface area (Å²) in [5, 5.41) is 13.0. The van der Waals surface area contributed by atoms with E-state index in [-0.39, 0.29) is 16.8 Å². The minimum Gasteiger partial charge on any atom is -0.477 e. The van der Waals surface area contributed by atoms with E-state index < -0.39 is 17.7 Å². The standard InChI is InChI=1S/C14H9F3N2O3/c1-6-11(12-9(13(20)21)5-18-22-12)8-3-2-7(14(15,16)17)4-10(8)19-6/h2-5,19H,1H3,(H,20,21). The number of hydrogen-bond acceptors (Lipinski definition) is 3. The molecule has 0 saturated carbocycles. The second-order valence-electron chi connectivity index (χ2n) is 4.76. The molecule has 2 heterocycles. The monoisotopic (exact) mass is 310 g/mol. The molecule has 0 spiro atoms. The van der Waals surface area contributed by atoms with Gasteiger partial charge in [-0.15, -0.1) is 0 Å². The van der Waals surface area contributed by atoms with Gasteiger partial charge in [-0.2, -0.15) is 13.2 Å². The maximum atomic E-state index is 12.7. The normalized spacial score (nSPS) is 12.0. The molecule has 1 aromatic carbocycles. The van der Waals surface area contributed by atoms with Crippen LogP contribution >= 0.6 is 0 Å². The Labute approximate surface area is 121 Å². The Bertz CT molecular complexity index is 877. The largest absolute Gasteiger partial charge is 0.477 e. The van der Waals surface area contributed by atoms with Crippen molar-refractivity contribution in [3.05, 3.63) is 41.2 Å². The number of carbonyl (C=O) groups is 1. The van der Waals surface area contributed by atoms with Gasteiger partial charge in [-0.3, -0.25) is 0 Å². The van der Waals surface area contributed by atoms with Gasteiger partial charge in [-0.1, -0.05) is 11.2 Å². The average molecular weight is 310 g/mol. The zero-order valence-electron chi connectivity index (χ0n) is 11.2. The van der Waals surface area contributed by atoms with E-state index in [1.165, 1.54) is 6.07 Å². The highest BCUT2D eigenvalue weighted by Gasteiger charge is 2.31. The smallest absolute Gasteiger partial charge is 0.416 e. The molecule has 0 aliphatic carbocycles. The Morgan fingerprint density at radius 1 is 1.36 bits per heavy atom. The second-order valence-corrected chi connectivity index (χ2v) is 4.76. The summed E-state index contributed by atoms with van der Waals surface area (Å²) in [6, 6.07) is 3.20. The number of H-pyrrole nitrogens is 1. The van der Waals surface area contributed by atoms with E-state index in [0.717, 1.165) is 18.3 Å². The zero-order chi connectivity index (χ0) is 16.1. The number of carboxylic acid groups (broad SMARTS) is 1. The van der Waals surface area contributed by atoms with E-state index in [9.17, 15) is 18.0 Å². The molecule has 114 valence electrons. The lowest BCUT2D eigenvalue weighted by Crippen LogP contribution is -2.04. The Balaban J connectivity index is 2.25. The van der Waals surface area contributed by atoms with Gasteiger partial charge in [-0.05, 0) is 19.1 Å². The first kappa shape index (κ1) is 14.2. The molecule has 0 aliphatic heterocycles. The summed E-state index contributed by atoms with van der Waals surface area (Å²) in [5.41, 5.74) is 0.190. The number of hydrogen-bond donors (Lipinski definition) is 2. The molecule has 2 N–H and O–H groups in total. The van der Waals surface area contributed by atoms with Gasteiger partial charge in [0.1, 0.15) is 5.56 Å². The summed E-state index contributed by atoms with van der Waals surface area (Å²) in [6.07, 6.45) is -3.40. The summed E-state index contributed by atoms with van der Waals surface area (Å²) in [5.74, 6) is -1.21. The molecule has 2 aromatic heterocycles. The fourth-order valence-electron chi connectivity index (χ4n) is 2.37. The molecule has 5 nitrogen and oxygen atoms in total. The lowest BCUT2D eigenvalue weighted by molar-refractivity contribution is -0.137. The van der Waals surface area contributed by atoms with Crippen molar-refractivity contribution in [2.75, 3.05) is 0 Å². The van der Waals surface area contributed by atoms with Gasteiger partial charge in [0.25, 0.3) is 0 Å². The predicted molar refractivity (Wildman–Crippen MR) is 70.5 cm³/mol. The number of nitrogens with one attached hydrogen (secondary N) is 1. The third-order valence-corrected chi connectivity index (χ3v) is 3.34. The number of aryl methyl sites for hydroxylation is 1. The molecular formula is C14H9F3N2O3. The first-order valence-electron chi connectivity index (χ1n) is 6.17. The quantitative estimate of drug-likeness (QED) is 0.753. The van der Waals surface area contributed by atoms with Crippen LogP contribution in [0.4, 0.5) is 13.2 Å². The van der Waals surface area contributed by atoms with Gasteiger partial charge in [0.15, 0.2) is 5.76 Å². The van der Waals surface area contributed by atoms with Gasteiger partial charge in [0.2, 0.25) is 0 Å². The Kier molecular flexibility index (Phi) is 2.98. The minimum atomic E-state index is -4.45. The fourth-order valence-corrected chi connectivity index (χ4v) is 2.37. The van der Waals surface area contributed by atoms with Gasteiger partial charge in [-0.25, -0.2) is 4.79 Å². The number of aromatic nitrogens is 2. The zero-order valence-corrected chi connectivity index (χ0v) is 11.2. The molecule has 22 heavy (non-hydrogen) atoms. The van der Waals surface area contributed by atoms with Gasteiger partial charge in [0, 0.05) is 22.2 Å². The molecular weight excluding hydrogens is 301 g/mol. The van der Waals surface area contributed by atoms with Crippen LogP contribution < -0.4 is 0 Å². The minimum absolute atomic E-state index is 0.0102. The van der Waals surface area contributed by atoms with Gasteiger partial charge in [0.05, 0.1) is 11.8 Å².